The van der Waals surface area contributed by atoms with Gasteiger partial charge in [0.25, 0.3) is 8.32 Å². The van der Waals surface area contributed by atoms with Crippen LogP contribution in [0.4, 0.5) is 0 Å². The molecule has 1 heterocycles. The van der Waals surface area contributed by atoms with E-state index in [1.165, 1.54) is 18.2 Å². The van der Waals surface area contributed by atoms with Crippen LogP contribution in [0.15, 0.2) is 51.7 Å². The summed E-state index contributed by atoms with van der Waals surface area (Å²) in [5.74, 6) is -0.0482. The van der Waals surface area contributed by atoms with Gasteiger partial charge in [0.1, 0.15) is 11.3 Å². The first-order valence-corrected chi connectivity index (χ1v) is 11.7. The largest absolute Gasteiger partial charge is 0.539 e. The molecule has 2 aromatic carbocycles. The first-order valence-electron chi connectivity index (χ1n) is 8.78. The number of hydrogen-bond donors (Lipinski definition) is 2. The molecular formula is C21H24O5Si. The van der Waals surface area contributed by atoms with Crippen molar-refractivity contribution in [2.45, 2.75) is 38.9 Å². The van der Waals surface area contributed by atoms with Crippen LogP contribution >= 0.6 is 0 Å². The van der Waals surface area contributed by atoms with Crippen LogP contribution in [0.1, 0.15) is 20.8 Å². The van der Waals surface area contributed by atoms with Gasteiger partial charge in [-0.15, -0.1) is 0 Å². The standard InChI is InChI=1S/C21H24O5Si/c1-21(2,3)27(4,5)26-20-16(23)10-13(11-17(20)24)19-12-15(22)14-8-6-7-9-18(14)25-19/h6-12,23-24H,1-5H3. The van der Waals surface area contributed by atoms with Crippen molar-refractivity contribution in [2.24, 2.45) is 0 Å². The van der Waals surface area contributed by atoms with Gasteiger partial charge in [-0.1, -0.05) is 32.9 Å². The van der Waals surface area contributed by atoms with E-state index in [4.69, 9.17) is 8.84 Å². The first kappa shape index (κ1) is 19.0. The Morgan fingerprint density at radius 1 is 1.00 bits per heavy atom. The van der Waals surface area contributed by atoms with Crippen molar-refractivity contribution in [3.05, 3.63) is 52.7 Å². The van der Waals surface area contributed by atoms with Crippen LogP contribution in [0.3, 0.4) is 0 Å². The molecular weight excluding hydrogens is 360 g/mol. The molecule has 0 aliphatic carbocycles. The Bertz CT molecular complexity index is 1040. The molecule has 0 atom stereocenters. The quantitative estimate of drug-likeness (QED) is 0.603. The van der Waals surface area contributed by atoms with E-state index in [1.54, 1.807) is 24.3 Å². The summed E-state index contributed by atoms with van der Waals surface area (Å²) in [5, 5.41) is 21.3. The molecule has 142 valence electrons. The van der Waals surface area contributed by atoms with Crippen molar-refractivity contribution >= 4 is 19.3 Å². The third-order valence-electron chi connectivity index (χ3n) is 5.13. The van der Waals surface area contributed by atoms with Gasteiger partial charge in [0.2, 0.25) is 0 Å². The molecule has 1 aromatic heterocycles. The third kappa shape index (κ3) is 3.57. The molecule has 0 amide bonds. The van der Waals surface area contributed by atoms with Gasteiger partial charge in [0.15, 0.2) is 22.7 Å². The molecule has 0 fully saturated rings. The van der Waals surface area contributed by atoms with Crippen LogP contribution < -0.4 is 9.85 Å². The lowest BCUT2D eigenvalue weighted by Gasteiger charge is -2.36. The van der Waals surface area contributed by atoms with Crippen LogP contribution in [0, 0.1) is 0 Å². The van der Waals surface area contributed by atoms with E-state index in [9.17, 15) is 15.0 Å². The Morgan fingerprint density at radius 2 is 1.59 bits per heavy atom. The van der Waals surface area contributed by atoms with Gasteiger partial charge in [0.05, 0.1) is 5.39 Å². The van der Waals surface area contributed by atoms with Crippen LogP contribution in [-0.4, -0.2) is 18.5 Å². The van der Waals surface area contributed by atoms with Crippen LogP contribution in [0.2, 0.25) is 18.1 Å². The van der Waals surface area contributed by atoms with Crippen LogP contribution in [0.25, 0.3) is 22.3 Å². The topological polar surface area (TPSA) is 79.9 Å². The van der Waals surface area contributed by atoms with E-state index in [0.717, 1.165) is 0 Å². The Kier molecular flexibility index (Phi) is 4.55. The molecule has 0 bridgehead atoms. The smallest absolute Gasteiger partial charge is 0.250 e. The monoisotopic (exact) mass is 384 g/mol. The van der Waals surface area contributed by atoms with Crippen molar-refractivity contribution in [3.63, 3.8) is 0 Å². The number of fused-ring (bicyclic) bond motifs is 1. The fourth-order valence-electron chi connectivity index (χ4n) is 2.50. The van der Waals surface area contributed by atoms with Crippen molar-refractivity contribution in [3.8, 4) is 28.6 Å². The number of aromatic hydroxyl groups is 2. The van der Waals surface area contributed by atoms with Gasteiger partial charge in [-0.3, -0.25) is 4.79 Å². The molecule has 0 aliphatic rings. The highest BCUT2D eigenvalue weighted by atomic mass is 28.4. The van der Waals surface area contributed by atoms with E-state index < -0.39 is 8.32 Å². The second kappa shape index (κ2) is 6.46. The second-order valence-electron chi connectivity index (χ2n) is 8.18. The highest BCUT2D eigenvalue weighted by molar-refractivity contribution is 6.74. The predicted molar refractivity (Wildman–Crippen MR) is 109 cm³/mol. The van der Waals surface area contributed by atoms with Gasteiger partial charge < -0.3 is 19.1 Å². The first-order chi connectivity index (χ1) is 12.5. The molecule has 0 saturated carbocycles. The molecule has 6 heteroatoms. The summed E-state index contributed by atoms with van der Waals surface area (Å²) in [4.78, 5) is 12.3. The minimum atomic E-state index is -2.24. The third-order valence-corrected chi connectivity index (χ3v) is 9.46. The van der Waals surface area contributed by atoms with E-state index in [2.05, 4.69) is 20.8 Å². The second-order valence-corrected chi connectivity index (χ2v) is 12.9. The number of phenolic OH excluding ortho intramolecular Hbond substituents is 2. The van der Waals surface area contributed by atoms with Crippen molar-refractivity contribution < 1.29 is 19.1 Å². The summed E-state index contributed by atoms with van der Waals surface area (Å²) < 4.78 is 11.8. The van der Waals surface area contributed by atoms with Crippen molar-refractivity contribution in [1.29, 1.82) is 0 Å². The van der Waals surface area contributed by atoms with Crippen LogP contribution in [-0.2, 0) is 0 Å². The zero-order valence-electron chi connectivity index (χ0n) is 16.2. The summed E-state index contributed by atoms with van der Waals surface area (Å²) in [6.45, 7) is 10.3. The zero-order valence-corrected chi connectivity index (χ0v) is 17.2. The summed E-state index contributed by atoms with van der Waals surface area (Å²) in [5.41, 5.74) is 0.656. The number of rotatable bonds is 3. The summed E-state index contributed by atoms with van der Waals surface area (Å²) in [6, 6.07) is 11.2. The van der Waals surface area contributed by atoms with Gasteiger partial charge in [-0.05, 0) is 42.4 Å². The molecule has 3 rings (SSSR count). The number of para-hydroxylation sites is 1. The molecule has 27 heavy (non-hydrogen) atoms. The van der Waals surface area contributed by atoms with Gasteiger partial charge in [-0.25, -0.2) is 0 Å². The maximum absolute atomic E-state index is 12.3. The van der Waals surface area contributed by atoms with E-state index in [-0.39, 0.29) is 33.5 Å². The minimum absolute atomic E-state index is 0.0634. The fraction of sp³-hybridized carbons (Fsp3) is 0.286. The molecule has 0 saturated heterocycles. The maximum Gasteiger partial charge on any atom is 0.250 e. The lowest BCUT2D eigenvalue weighted by Crippen LogP contribution is -2.43. The molecule has 2 N–H and O–H groups in total. The maximum atomic E-state index is 12.3. The lowest BCUT2D eigenvalue weighted by atomic mass is 10.1. The average Bonchev–Trinajstić information content (AvgIpc) is 2.57. The van der Waals surface area contributed by atoms with Gasteiger partial charge in [0, 0.05) is 11.6 Å². The zero-order chi connectivity index (χ0) is 20.0. The Hall–Kier alpha value is -2.73. The van der Waals surface area contributed by atoms with Gasteiger partial charge in [-0.2, -0.15) is 0 Å². The minimum Gasteiger partial charge on any atom is -0.539 e. The molecule has 0 aliphatic heterocycles. The molecule has 0 radical (unpaired) electrons. The molecule has 5 nitrogen and oxygen atoms in total. The highest BCUT2D eigenvalue weighted by Gasteiger charge is 2.40. The Morgan fingerprint density at radius 3 is 2.19 bits per heavy atom. The highest BCUT2D eigenvalue weighted by Crippen LogP contribution is 2.45. The molecule has 3 aromatic rings. The summed E-state index contributed by atoms with van der Waals surface area (Å²) in [6.07, 6.45) is 0. The normalized spacial score (nSPS) is 12.3. The van der Waals surface area contributed by atoms with E-state index in [0.29, 0.717) is 16.5 Å². The van der Waals surface area contributed by atoms with Gasteiger partial charge >= 0.3 is 0 Å². The SMILES string of the molecule is CC(C)(C)[Si](C)(C)Oc1c(O)cc(-c2cc(=O)c3ccccc3o2)cc1O. The Labute approximate surface area is 159 Å². The number of benzene rings is 2. The number of hydrogen-bond acceptors (Lipinski definition) is 5. The predicted octanol–water partition coefficient (Wildman–Crippen LogP) is 5.26. The van der Waals surface area contributed by atoms with Crippen molar-refractivity contribution in [2.75, 3.05) is 0 Å². The van der Waals surface area contributed by atoms with Crippen molar-refractivity contribution in [1.82, 2.24) is 0 Å². The fourth-order valence-corrected chi connectivity index (χ4v) is 3.53. The summed E-state index contributed by atoms with van der Waals surface area (Å²) in [7, 11) is -2.24. The van der Waals surface area contributed by atoms with E-state index >= 15 is 0 Å². The summed E-state index contributed by atoms with van der Waals surface area (Å²) >= 11 is 0. The number of phenols is 2. The lowest BCUT2D eigenvalue weighted by molar-refractivity contribution is 0.387. The molecule has 0 unspecified atom stereocenters. The van der Waals surface area contributed by atoms with Crippen LogP contribution in [0.5, 0.6) is 17.2 Å². The Balaban J connectivity index is 2.07. The van der Waals surface area contributed by atoms with E-state index in [1.807, 2.05) is 13.1 Å². The average molecular weight is 385 g/mol. The molecule has 0 spiro atoms.